The van der Waals surface area contributed by atoms with Crippen LogP contribution in [0, 0.1) is 5.92 Å². The van der Waals surface area contributed by atoms with Crippen LogP contribution < -0.4 is 16.4 Å². The molecule has 0 aliphatic carbocycles. The molecule has 0 aliphatic rings. The maximum absolute atomic E-state index is 11.5. The van der Waals surface area contributed by atoms with E-state index in [1.165, 1.54) is 0 Å². The van der Waals surface area contributed by atoms with Gasteiger partial charge in [-0.2, -0.15) is 0 Å². The zero-order chi connectivity index (χ0) is 11.8. The summed E-state index contributed by atoms with van der Waals surface area (Å²) in [6, 6.07) is -0.459. The SMILES string of the molecule is CCC(C)C(NC(=O)CCN)C(=O)NC. The normalized spacial score (nSPS) is 14.1. The maximum Gasteiger partial charge on any atom is 0.242 e. The summed E-state index contributed by atoms with van der Waals surface area (Å²) >= 11 is 0. The number of likely N-dealkylation sites (N-methyl/N-ethyl adjacent to an activating group) is 1. The van der Waals surface area contributed by atoms with Crippen molar-refractivity contribution in [3.63, 3.8) is 0 Å². The number of nitrogens with two attached hydrogens (primary N) is 1. The number of hydrogen-bond acceptors (Lipinski definition) is 3. The zero-order valence-corrected chi connectivity index (χ0v) is 9.67. The van der Waals surface area contributed by atoms with Crippen molar-refractivity contribution in [2.24, 2.45) is 11.7 Å². The van der Waals surface area contributed by atoms with Crippen LogP contribution in [0.5, 0.6) is 0 Å². The summed E-state index contributed by atoms with van der Waals surface area (Å²) in [6.07, 6.45) is 1.09. The Balaban J connectivity index is 4.37. The zero-order valence-electron chi connectivity index (χ0n) is 9.67. The van der Waals surface area contributed by atoms with Crippen LogP contribution in [-0.2, 0) is 9.59 Å². The predicted octanol–water partition coefficient (Wildman–Crippen LogP) is -0.388. The van der Waals surface area contributed by atoms with Crippen LogP contribution in [0.1, 0.15) is 26.7 Å². The van der Waals surface area contributed by atoms with E-state index in [2.05, 4.69) is 10.6 Å². The van der Waals surface area contributed by atoms with Crippen LogP contribution in [0.25, 0.3) is 0 Å². The van der Waals surface area contributed by atoms with Gasteiger partial charge in [-0.05, 0) is 5.92 Å². The summed E-state index contributed by atoms with van der Waals surface area (Å²) in [6.45, 7) is 4.21. The molecule has 0 spiro atoms. The van der Waals surface area contributed by atoms with Crippen molar-refractivity contribution in [2.45, 2.75) is 32.7 Å². The molecule has 0 aromatic rings. The molecule has 4 N–H and O–H groups in total. The van der Waals surface area contributed by atoms with Gasteiger partial charge in [0, 0.05) is 20.0 Å². The van der Waals surface area contributed by atoms with E-state index < -0.39 is 6.04 Å². The Labute approximate surface area is 90.8 Å². The molecule has 15 heavy (non-hydrogen) atoms. The molecular formula is C10H21N3O2. The third-order valence-corrected chi connectivity index (χ3v) is 2.43. The summed E-state index contributed by atoms with van der Waals surface area (Å²) in [5.74, 6) is -0.215. The fourth-order valence-electron chi connectivity index (χ4n) is 1.23. The van der Waals surface area contributed by atoms with E-state index in [0.717, 1.165) is 6.42 Å². The molecule has 0 heterocycles. The van der Waals surface area contributed by atoms with E-state index in [1.54, 1.807) is 7.05 Å². The Hall–Kier alpha value is -1.10. The van der Waals surface area contributed by atoms with E-state index in [0.29, 0.717) is 6.54 Å². The second kappa shape index (κ2) is 7.23. The van der Waals surface area contributed by atoms with Crippen molar-refractivity contribution in [3.8, 4) is 0 Å². The Morgan fingerprint density at radius 3 is 2.40 bits per heavy atom. The standard InChI is InChI=1S/C10H21N3O2/c1-4-7(2)9(10(15)12-3)13-8(14)5-6-11/h7,9H,4-6,11H2,1-3H3,(H,12,15)(H,13,14). The van der Waals surface area contributed by atoms with Crippen molar-refractivity contribution in [3.05, 3.63) is 0 Å². The molecule has 0 saturated carbocycles. The lowest BCUT2D eigenvalue weighted by Gasteiger charge is -2.22. The lowest BCUT2D eigenvalue weighted by molar-refractivity contribution is -0.129. The van der Waals surface area contributed by atoms with Gasteiger partial charge in [0.15, 0.2) is 0 Å². The van der Waals surface area contributed by atoms with Crippen LogP contribution in [0.3, 0.4) is 0 Å². The molecule has 0 fully saturated rings. The Kier molecular flexibility index (Phi) is 6.70. The van der Waals surface area contributed by atoms with E-state index in [9.17, 15) is 9.59 Å². The minimum absolute atomic E-state index is 0.117. The highest BCUT2D eigenvalue weighted by molar-refractivity contribution is 5.87. The molecular weight excluding hydrogens is 194 g/mol. The van der Waals surface area contributed by atoms with Crippen molar-refractivity contribution < 1.29 is 9.59 Å². The summed E-state index contributed by atoms with van der Waals surface area (Å²) in [7, 11) is 1.56. The minimum Gasteiger partial charge on any atom is -0.357 e. The molecule has 5 nitrogen and oxygen atoms in total. The molecule has 88 valence electrons. The quantitative estimate of drug-likeness (QED) is 0.564. The minimum atomic E-state index is -0.459. The van der Waals surface area contributed by atoms with Gasteiger partial charge in [0.2, 0.25) is 11.8 Å². The van der Waals surface area contributed by atoms with Crippen LogP contribution in [0.4, 0.5) is 0 Å². The highest BCUT2D eigenvalue weighted by atomic mass is 16.2. The van der Waals surface area contributed by atoms with Crippen molar-refractivity contribution in [2.75, 3.05) is 13.6 Å². The summed E-state index contributed by atoms with van der Waals surface area (Å²) in [5, 5.41) is 5.23. The van der Waals surface area contributed by atoms with E-state index >= 15 is 0 Å². The molecule has 5 heteroatoms. The van der Waals surface area contributed by atoms with Gasteiger partial charge in [0.05, 0.1) is 0 Å². The monoisotopic (exact) mass is 215 g/mol. The first-order chi connectivity index (χ1) is 7.06. The van der Waals surface area contributed by atoms with Crippen LogP contribution >= 0.6 is 0 Å². The highest BCUT2D eigenvalue weighted by Crippen LogP contribution is 2.07. The molecule has 0 aliphatic heterocycles. The Bertz CT molecular complexity index is 219. The van der Waals surface area contributed by atoms with Gasteiger partial charge < -0.3 is 16.4 Å². The lowest BCUT2D eigenvalue weighted by Crippen LogP contribution is -2.49. The van der Waals surface area contributed by atoms with Gasteiger partial charge in [-0.1, -0.05) is 20.3 Å². The van der Waals surface area contributed by atoms with Crippen LogP contribution in [0.15, 0.2) is 0 Å². The van der Waals surface area contributed by atoms with Crippen LogP contribution in [-0.4, -0.2) is 31.4 Å². The predicted molar refractivity (Wildman–Crippen MR) is 59.1 cm³/mol. The topological polar surface area (TPSA) is 84.2 Å². The maximum atomic E-state index is 11.5. The first-order valence-corrected chi connectivity index (χ1v) is 5.27. The highest BCUT2D eigenvalue weighted by Gasteiger charge is 2.24. The van der Waals surface area contributed by atoms with Gasteiger partial charge in [-0.3, -0.25) is 9.59 Å². The fourth-order valence-corrected chi connectivity index (χ4v) is 1.23. The lowest BCUT2D eigenvalue weighted by atomic mass is 9.98. The number of rotatable bonds is 6. The average molecular weight is 215 g/mol. The number of amides is 2. The van der Waals surface area contributed by atoms with E-state index in [1.807, 2.05) is 13.8 Å². The largest absolute Gasteiger partial charge is 0.357 e. The summed E-state index contributed by atoms with van der Waals surface area (Å²) in [5.41, 5.74) is 5.26. The Morgan fingerprint density at radius 1 is 1.40 bits per heavy atom. The number of carbonyl (C=O) groups excluding carboxylic acids is 2. The number of carbonyl (C=O) groups is 2. The fraction of sp³-hybridized carbons (Fsp3) is 0.800. The Morgan fingerprint density at radius 2 is 2.00 bits per heavy atom. The third kappa shape index (κ3) is 4.78. The van der Waals surface area contributed by atoms with Crippen molar-refractivity contribution in [1.82, 2.24) is 10.6 Å². The first kappa shape index (κ1) is 13.9. The molecule has 0 aromatic carbocycles. The smallest absolute Gasteiger partial charge is 0.242 e. The molecule has 2 amide bonds. The average Bonchev–Trinajstić information content (AvgIpc) is 2.24. The third-order valence-electron chi connectivity index (χ3n) is 2.43. The van der Waals surface area contributed by atoms with Crippen molar-refractivity contribution in [1.29, 1.82) is 0 Å². The summed E-state index contributed by atoms with van der Waals surface area (Å²) in [4.78, 5) is 22.8. The van der Waals surface area contributed by atoms with Gasteiger partial charge in [-0.15, -0.1) is 0 Å². The molecule has 2 atom stereocenters. The molecule has 0 bridgehead atoms. The van der Waals surface area contributed by atoms with Gasteiger partial charge in [0.1, 0.15) is 6.04 Å². The van der Waals surface area contributed by atoms with Gasteiger partial charge >= 0.3 is 0 Å². The first-order valence-electron chi connectivity index (χ1n) is 5.27. The molecule has 2 unspecified atom stereocenters. The van der Waals surface area contributed by atoms with Gasteiger partial charge in [0.25, 0.3) is 0 Å². The van der Waals surface area contributed by atoms with E-state index in [-0.39, 0.29) is 24.2 Å². The molecule has 0 radical (unpaired) electrons. The van der Waals surface area contributed by atoms with Crippen molar-refractivity contribution >= 4 is 11.8 Å². The molecule has 0 aromatic heterocycles. The molecule has 0 rings (SSSR count). The molecule has 0 saturated heterocycles. The second-order valence-corrected chi connectivity index (χ2v) is 3.58. The number of nitrogens with one attached hydrogen (secondary N) is 2. The second-order valence-electron chi connectivity index (χ2n) is 3.58. The van der Waals surface area contributed by atoms with E-state index in [4.69, 9.17) is 5.73 Å². The number of hydrogen-bond donors (Lipinski definition) is 3. The summed E-state index contributed by atoms with van der Waals surface area (Å²) < 4.78 is 0. The van der Waals surface area contributed by atoms with Gasteiger partial charge in [-0.25, -0.2) is 0 Å². The van der Waals surface area contributed by atoms with Crippen LogP contribution in [0.2, 0.25) is 0 Å².